The molecule has 6 nitrogen and oxygen atoms in total. The number of nitrogens with zero attached hydrogens (tertiary/aromatic N) is 1. The van der Waals surface area contributed by atoms with E-state index in [4.69, 9.17) is 9.47 Å². The quantitative estimate of drug-likeness (QED) is 0.557. The van der Waals surface area contributed by atoms with Crippen molar-refractivity contribution in [1.29, 1.82) is 0 Å². The number of esters is 2. The monoisotopic (exact) mass is 299 g/mol. The van der Waals surface area contributed by atoms with Gasteiger partial charge in [0.15, 0.2) is 5.78 Å². The van der Waals surface area contributed by atoms with Crippen LogP contribution in [0.2, 0.25) is 0 Å². The second kappa shape index (κ2) is 7.74. The molecule has 0 amide bonds. The van der Waals surface area contributed by atoms with E-state index in [1.54, 1.807) is 19.2 Å². The van der Waals surface area contributed by atoms with Crippen LogP contribution < -0.4 is 0 Å². The molecule has 1 aromatic heterocycles. The summed E-state index contributed by atoms with van der Waals surface area (Å²) < 4.78 is 9.51. The van der Waals surface area contributed by atoms with Crippen LogP contribution in [-0.2, 0) is 30.3 Å². The van der Waals surface area contributed by atoms with E-state index in [1.807, 2.05) is 6.92 Å². The molecule has 0 aliphatic heterocycles. The van der Waals surface area contributed by atoms with Gasteiger partial charge in [0.05, 0.1) is 30.3 Å². The molecule has 0 N–H and O–H groups in total. The molecule has 0 atom stereocenters. The third-order valence-electron chi connectivity index (χ3n) is 2.39. The largest absolute Gasteiger partial charge is 0.465 e. The van der Waals surface area contributed by atoms with Crippen molar-refractivity contribution in [3.8, 4) is 0 Å². The molecule has 0 fully saturated rings. The second-order valence-corrected chi connectivity index (χ2v) is 5.00. The molecule has 0 saturated heterocycles. The summed E-state index contributed by atoms with van der Waals surface area (Å²) in [6, 6.07) is 0. The second-order valence-electron chi connectivity index (χ2n) is 3.94. The first-order valence-electron chi connectivity index (χ1n) is 6.26. The molecule has 1 heterocycles. The van der Waals surface area contributed by atoms with E-state index in [1.165, 1.54) is 11.3 Å². The lowest BCUT2D eigenvalue weighted by Crippen LogP contribution is -2.35. The Kier molecular flexibility index (Phi) is 6.30. The summed E-state index contributed by atoms with van der Waals surface area (Å²) in [6.07, 6.45) is -0.0906. The Labute approximate surface area is 121 Å². The number of carbonyl (C=O) groups is 3. The van der Waals surface area contributed by atoms with E-state index >= 15 is 0 Å². The number of ketones is 1. The van der Waals surface area contributed by atoms with Crippen LogP contribution in [0.1, 0.15) is 24.5 Å². The van der Waals surface area contributed by atoms with E-state index in [0.29, 0.717) is 5.69 Å². The van der Waals surface area contributed by atoms with Crippen molar-refractivity contribution in [3.05, 3.63) is 16.1 Å². The minimum atomic E-state index is -1.53. The van der Waals surface area contributed by atoms with Crippen molar-refractivity contribution < 1.29 is 23.9 Å². The van der Waals surface area contributed by atoms with Crippen molar-refractivity contribution in [3.63, 3.8) is 0 Å². The minimum Gasteiger partial charge on any atom is -0.465 e. The van der Waals surface area contributed by atoms with Crippen LogP contribution in [0, 0.1) is 12.8 Å². The first-order valence-corrected chi connectivity index (χ1v) is 7.14. The maximum atomic E-state index is 12.1. The normalized spacial score (nSPS) is 10.4. The highest BCUT2D eigenvalue weighted by Crippen LogP contribution is 2.13. The molecule has 0 radical (unpaired) electrons. The lowest BCUT2D eigenvalue weighted by atomic mass is 10.0. The Morgan fingerprint density at radius 1 is 1.20 bits per heavy atom. The van der Waals surface area contributed by atoms with Gasteiger partial charge in [0.25, 0.3) is 0 Å². The molecule has 0 spiro atoms. The smallest absolute Gasteiger partial charge is 0.328 e. The minimum absolute atomic E-state index is 0.0906. The summed E-state index contributed by atoms with van der Waals surface area (Å²) in [5.41, 5.74) is 0.538. The number of aromatic nitrogens is 1. The molecular formula is C13H17NO5S. The van der Waals surface area contributed by atoms with Gasteiger partial charge in [0.2, 0.25) is 5.92 Å². The van der Waals surface area contributed by atoms with Gasteiger partial charge < -0.3 is 9.47 Å². The number of hydrogen-bond acceptors (Lipinski definition) is 7. The molecular weight excluding hydrogens is 282 g/mol. The highest BCUT2D eigenvalue weighted by molar-refractivity contribution is 7.09. The predicted molar refractivity (Wildman–Crippen MR) is 72.3 cm³/mol. The Balaban J connectivity index is 2.83. The van der Waals surface area contributed by atoms with Crippen LogP contribution in [0.4, 0.5) is 0 Å². The van der Waals surface area contributed by atoms with E-state index in [-0.39, 0.29) is 19.6 Å². The zero-order valence-corrected chi connectivity index (χ0v) is 12.5. The Morgan fingerprint density at radius 2 is 1.75 bits per heavy atom. The summed E-state index contributed by atoms with van der Waals surface area (Å²) in [5.74, 6) is -3.84. The number of Topliss-reactive ketones (excluding diaryl/α,β-unsaturated/α-hetero) is 1. The van der Waals surface area contributed by atoms with Gasteiger partial charge in [-0.05, 0) is 20.8 Å². The summed E-state index contributed by atoms with van der Waals surface area (Å²) in [7, 11) is 0. The molecule has 0 bridgehead atoms. The maximum absolute atomic E-state index is 12.1. The number of carbonyl (C=O) groups excluding carboxylic acids is 3. The Hall–Kier alpha value is -1.76. The number of aryl methyl sites for hydroxylation is 1. The fourth-order valence-electron chi connectivity index (χ4n) is 1.58. The predicted octanol–water partition coefficient (Wildman–Crippen LogP) is 1.31. The van der Waals surface area contributed by atoms with E-state index in [0.717, 1.165) is 5.01 Å². The van der Waals surface area contributed by atoms with E-state index in [9.17, 15) is 14.4 Å². The fraction of sp³-hybridized carbons (Fsp3) is 0.538. The zero-order valence-electron chi connectivity index (χ0n) is 11.7. The number of thiazole rings is 1. The molecule has 110 valence electrons. The van der Waals surface area contributed by atoms with Crippen LogP contribution in [0.5, 0.6) is 0 Å². The Bertz CT molecular complexity index is 479. The van der Waals surface area contributed by atoms with Crippen molar-refractivity contribution >= 4 is 29.1 Å². The SMILES string of the molecule is CCOC(=O)C(C(=O)Cc1csc(C)n1)C(=O)OCC. The van der Waals surface area contributed by atoms with Crippen molar-refractivity contribution in [2.45, 2.75) is 27.2 Å². The molecule has 0 aliphatic carbocycles. The first kappa shape index (κ1) is 16.3. The maximum Gasteiger partial charge on any atom is 0.328 e. The fourth-order valence-corrected chi connectivity index (χ4v) is 2.19. The topological polar surface area (TPSA) is 82.6 Å². The van der Waals surface area contributed by atoms with Crippen molar-refractivity contribution in [2.24, 2.45) is 5.92 Å². The lowest BCUT2D eigenvalue weighted by molar-refractivity contribution is -0.163. The lowest BCUT2D eigenvalue weighted by Gasteiger charge is -2.12. The van der Waals surface area contributed by atoms with Gasteiger partial charge in [-0.2, -0.15) is 0 Å². The molecule has 0 aliphatic rings. The summed E-state index contributed by atoms with van der Waals surface area (Å²) in [5, 5.41) is 2.54. The molecule has 20 heavy (non-hydrogen) atoms. The molecule has 1 aromatic rings. The van der Waals surface area contributed by atoms with Gasteiger partial charge in [-0.25, -0.2) is 4.98 Å². The summed E-state index contributed by atoms with van der Waals surface area (Å²) in [4.78, 5) is 39.7. The third-order valence-corrected chi connectivity index (χ3v) is 3.21. The van der Waals surface area contributed by atoms with Crippen molar-refractivity contribution in [1.82, 2.24) is 4.98 Å². The van der Waals surface area contributed by atoms with Gasteiger partial charge >= 0.3 is 11.9 Å². The van der Waals surface area contributed by atoms with Gasteiger partial charge in [-0.3, -0.25) is 14.4 Å². The van der Waals surface area contributed by atoms with Crippen LogP contribution >= 0.6 is 11.3 Å². The number of hydrogen-bond donors (Lipinski definition) is 0. The van der Waals surface area contributed by atoms with Gasteiger partial charge in [-0.15, -0.1) is 11.3 Å². The highest BCUT2D eigenvalue weighted by Gasteiger charge is 2.36. The van der Waals surface area contributed by atoms with Crippen LogP contribution in [0.15, 0.2) is 5.38 Å². The number of ether oxygens (including phenoxy) is 2. The average molecular weight is 299 g/mol. The molecule has 1 rings (SSSR count). The van der Waals surface area contributed by atoms with E-state index in [2.05, 4.69) is 4.98 Å². The molecule has 7 heteroatoms. The van der Waals surface area contributed by atoms with Gasteiger partial charge in [0, 0.05) is 5.38 Å². The van der Waals surface area contributed by atoms with Crippen LogP contribution in [0.3, 0.4) is 0 Å². The summed E-state index contributed by atoms with van der Waals surface area (Å²) >= 11 is 1.40. The van der Waals surface area contributed by atoms with Crippen LogP contribution in [-0.4, -0.2) is 35.9 Å². The Morgan fingerprint density at radius 3 is 2.15 bits per heavy atom. The first-order chi connectivity index (χ1) is 9.49. The molecule has 0 saturated carbocycles. The average Bonchev–Trinajstić information content (AvgIpc) is 2.75. The standard InChI is InChI=1S/C13H17NO5S/c1-4-18-12(16)11(13(17)19-5-2)10(15)6-9-7-20-8(3)14-9/h7,11H,4-6H2,1-3H3. The zero-order chi connectivity index (χ0) is 15.1. The third kappa shape index (κ3) is 4.41. The van der Waals surface area contributed by atoms with E-state index < -0.39 is 23.6 Å². The number of rotatable bonds is 7. The molecule has 0 unspecified atom stereocenters. The van der Waals surface area contributed by atoms with Crippen molar-refractivity contribution in [2.75, 3.05) is 13.2 Å². The van der Waals surface area contributed by atoms with Gasteiger partial charge in [-0.1, -0.05) is 0 Å². The molecule has 0 aromatic carbocycles. The summed E-state index contributed by atoms with van der Waals surface area (Å²) in [6.45, 7) is 5.21. The van der Waals surface area contributed by atoms with Gasteiger partial charge in [0.1, 0.15) is 0 Å². The van der Waals surface area contributed by atoms with Crippen LogP contribution in [0.25, 0.3) is 0 Å². The highest BCUT2D eigenvalue weighted by atomic mass is 32.1.